The highest BCUT2D eigenvalue weighted by molar-refractivity contribution is 7.98. The van der Waals surface area contributed by atoms with Gasteiger partial charge in [-0.15, -0.1) is 10.2 Å². The van der Waals surface area contributed by atoms with E-state index in [4.69, 9.17) is 16.1 Å². The fourth-order valence-corrected chi connectivity index (χ4v) is 3.28. The molecule has 0 bridgehead atoms. The van der Waals surface area contributed by atoms with Crippen LogP contribution in [0.2, 0.25) is 5.02 Å². The Morgan fingerprint density at radius 2 is 1.70 bits per heavy atom. The lowest BCUT2D eigenvalue weighted by molar-refractivity contribution is 0.391. The van der Waals surface area contributed by atoms with Crippen LogP contribution >= 0.6 is 23.4 Å². The van der Waals surface area contributed by atoms with Gasteiger partial charge in [0.15, 0.2) is 0 Å². The molecule has 2 aromatic carbocycles. The first-order valence-electron chi connectivity index (χ1n) is 7.99. The molecule has 4 aromatic rings. The van der Waals surface area contributed by atoms with Crippen LogP contribution in [0.1, 0.15) is 5.89 Å². The molecule has 2 aromatic heterocycles. The number of thioether (sulfide) groups is 1. The highest BCUT2D eigenvalue weighted by Crippen LogP contribution is 2.27. The number of halogens is 2. The van der Waals surface area contributed by atoms with Crippen LogP contribution < -0.4 is 0 Å². The van der Waals surface area contributed by atoms with E-state index in [2.05, 4.69) is 20.3 Å². The minimum absolute atomic E-state index is 0.329. The minimum Gasteiger partial charge on any atom is -0.338 e. The molecule has 0 unspecified atom stereocenters. The van der Waals surface area contributed by atoms with Crippen molar-refractivity contribution in [3.8, 4) is 22.6 Å². The lowest BCUT2D eigenvalue weighted by Gasteiger charge is -2.02. The second-order valence-electron chi connectivity index (χ2n) is 5.52. The van der Waals surface area contributed by atoms with Gasteiger partial charge in [-0.05, 0) is 36.4 Å². The predicted molar refractivity (Wildman–Crippen MR) is 102 cm³/mol. The Kier molecular flexibility index (Phi) is 5.13. The summed E-state index contributed by atoms with van der Waals surface area (Å²) in [6.45, 7) is 0. The van der Waals surface area contributed by atoms with Crippen molar-refractivity contribution in [3.05, 3.63) is 77.4 Å². The summed E-state index contributed by atoms with van der Waals surface area (Å²) in [6.07, 6.45) is 0. The van der Waals surface area contributed by atoms with Crippen LogP contribution in [0.15, 0.2) is 70.2 Å². The molecular formula is C19H12ClFN4OS. The van der Waals surface area contributed by atoms with E-state index < -0.39 is 0 Å². The Balaban J connectivity index is 1.44. The molecule has 0 saturated heterocycles. The van der Waals surface area contributed by atoms with E-state index in [0.29, 0.717) is 44.3 Å². The Bertz CT molecular complexity index is 1070. The molecule has 27 heavy (non-hydrogen) atoms. The van der Waals surface area contributed by atoms with Crippen LogP contribution in [0, 0.1) is 5.82 Å². The third kappa shape index (κ3) is 3.99. The van der Waals surface area contributed by atoms with Gasteiger partial charge in [0.25, 0.3) is 0 Å². The Hall–Kier alpha value is -2.77. The van der Waals surface area contributed by atoms with Gasteiger partial charge < -0.3 is 4.52 Å². The monoisotopic (exact) mass is 398 g/mol. The van der Waals surface area contributed by atoms with E-state index in [1.165, 1.54) is 17.8 Å². The fourth-order valence-electron chi connectivity index (χ4n) is 2.41. The maximum absolute atomic E-state index is 13.8. The van der Waals surface area contributed by atoms with Crippen LogP contribution in [-0.2, 0) is 5.75 Å². The molecular weight excluding hydrogens is 387 g/mol. The summed E-state index contributed by atoms with van der Waals surface area (Å²) in [5.41, 5.74) is 1.62. The van der Waals surface area contributed by atoms with E-state index in [-0.39, 0.29) is 5.82 Å². The van der Waals surface area contributed by atoms with Crippen LogP contribution in [0.5, 0.6) is 0 Å². The van der Waals surface area contributed by atoms with Crippen molar-refractivity contribution in [1.29, 1.82) is 0 Å². The largest absolute Gasteiger partial charge is 0.338 e. The predicted octanol–water partition coefficient (Wildman–Crippen LogP) is 5.28. The fraction of sp³-hybridized carbons (Fsp3) is 0.0526. The number of hydrogen-bond donors (Lipinski definition) is 0. The van der Waals surface area contributed by atoms with E-state index in [1.54, 1.807) is 36.4 Å². The average molecular weight is 399 g/mol. The second-order valence-corrected chi connectivity index (χ2v) is 6.92. The summed E-state index contributed by atoms with van der Waals surface area (Å²) in [4.78, 5) is 4.35. The van der Waals surface area contributed by atoms with Gasteiger partial charge in [0, 0.05) is 11.1 Å². The van der Waals surface area contributed by atoms with Crippen LogP contribution in [0.4, 0.5) is 4.39 Å². The van der Waals surface area contributed by atoms with Crippen LogP contribution in [0.3, 0.4) is 0 Å². The summed E-state index contributed by atoms with van der Waals surface area (Å²) >= 11 is 7.54. The molecule has 8 heteroatoms. The summed E-state index contributed by atoms with van der Waals surface area (Å²) in [5, 5.41) is 13.4. The van der Waals surface area contributed by atoms with Crippen molar-refractivity contribution < 1.29 is 8.91 Å². The number of rotatable bonds is 5. The summed E-state index contributed by atoms with van der Waals surface area (Å²) in [6, 6.07) is 17.3. The lowest BCUT2D eigenvalue weighted by Crippen LogP contribution is -1.92. The standard InChI is InChI=1S/C19H12ClFN4OS/c20-14-7-3-1-5-12(14)19-22-17(26-25-19)11-27-18-10-9-16(23-24-18)13-6-2-4-8-15(13)21/h1-10H,11H2. The van der Waals surface area contributed by atoms with Crippen LogP contribution in [-0.4, -0.2) is 20.3 Å². The molecule has 0 saturated carbocycles. The van der Waals surface area contributed by atoms with Gasteiger partial charge in [0.2, 0.25) is 11.7 Å². The van der Waals surface area contributed by atoms with E-state index in [0.717, 1.165) is 0 Å². The summed E-state index contributed by atoms with van der Waals surface area (Å²) in [7, 11) is 0. The van der Waals surface area contributed by atoms with Gasteiger partial charge in [-0.3, -0.25) is 0 Å². The molecule has 5 nitrogen and oxygen atoms in total. The van der Waals surface area contributed by atoms with Crippen molar-refractivity contribution in [2.45, 2.75) is 10.8 Å². The highest BCUT2D eigenvalue weighted by Gasteiger charge is 2.12. The summed E-state index contributed by atoms with van der Waals surface area (Å²) in [5.74, 6) is 1.00. The molecule has 0 atom stereocenters. The van der Waals surface area contributed by atoms with Gasteiger partial charge in [0.05, 0.1) is 16.5 Å². The van der Waals surface area contributed by atoms with Gasteiger partial charge in [0.1, 0.15) is 10.8 Å². The van der Waals surface area contributed by atoms with Gasteiger partial charge in [-0.2, -0.15) is 4.98 Å². The average Bonchev–Trinajstić information content (AvgIpc) is 3.16. The molecule has 0 fully saturated rings. The van der Waals surface area contributed by atoms with Gasteiger partial charge in [-0.25, -0.2) is 4.39 Å². The molecule has 2 heterocycles. The smallest absolute Gasteiger partial charge is 0.237 e. The van der Waals surface area contributed by atoms with Crippen molar-refractivity contribution in [2.75, 3.05) is 0 Å². The van der Waals surface area contributed by atoms with Crippen molar-refractivity contribution in [1.82, 2.24) is 20.3 Å². The first kappa shape index (κ1) is 17.6. The zero-order chi connectivity index (χ0) is 18.6. The zero-order valence-electron chi connectivity index (χ0n) is 13.8. The molecule has 134 valence electrons. The van der Waals surface area contributed by atoms with E-state index >= 15 is 0 Å². The zero-order valence-corrected chi connectivity index (χ0v) is 15.4. The summed E-state index contributed by atoms with van der Waals surface area (Å²) < 4.78 is 19.1. The second kappa shape index (κ2) is 7.85. The third-order valence-corrected chi connectivity index (χ3v) is 4.95. The lowest BCUT2D eigenvalue weighted by atomic mass is 10.1. The highest BCUT2D eigenvalue weighted by atomic mass is 35.5. The molecule has 0 aliphatic carbocycles. The molecule has 4 rings (SSSR count). The first-order valence-corrected chi connectivity index (χ1v) is 9.36. The quantitative estimate of drug-likeness (QED) is 0.426. The van der Waals surface area contributed by atoms with Crippen molar-refractivity contribution in [3.63, 3.8) is 0 Å². The Labute approximate surface area is 163 Å². The normalized spacial score (nSPS) is 10.9. The number of nitrogens with zero attached hydrogens (tertiary/aromatic N) is 4. The first-order chi connectivity index (χ1) is 13.2. The van der Waals surface area contributed by atoms with Gasteiger partial charge in [-0.1, -0.05) is 52.8 Å². The molecule has 0 aliphatic rings. The minimum atomic E-state index is -0.329. The van der Waals surface area contributed by atoms with E-state index in [1.807, 2.05) is 18.2 Å². The molecule has 0 radical (unpaired) electrons. The molecule has 0 N–H and O–H groups in total. The van der Waals surface area contributed by atoms with Crippen LogP contribution in [0.25, 0.3) is 22.6 Å². The Morgan fingerprint density at radius 1 is 0.926 bits per heavy atom. The maximum atomic E-state index is 13.8. The van der Waals surface area contributed by atoms with Crippen molar-refractivity contribution >= 4 is 23.4 Å². The number of hydrogen-bond acceptors (Lipinski definition) is 6. The van der Waals surface area contributed by atoms with Gasteiger partial charge >= 0.3 is 0 Å². The number of benzene rings is 2. The molecule has 0 spiro atoms. The third-order valence-electron chi connectivity index (χ3n) is 3.72. The number of aromatic nitrogens is 4. The maximum Gasteiger partial charge on any atom is 0.237 e. The SMILES string of the molecule is Fc1ccccc1-c1ccc(SCc2nc(-c3ccccc3Cl)no2)nn1. The molecule has 0 amide bonds. The Morgan fingerprint density at radius 3 is 2.44 bits per heavy atom. The molecule has 0 aliphatic heterocycles. The van der Waals surface area contributed by atoms with Crippen molar-refractivity contribution in [2.24, 2.45) is 0 Å². The topological polar surface area (TPSA) is 64.7 Å². The van der Waals surface area contributed by atoms with E-state index in [9.17, 15) is 4.39 Å².